The average molecular weight is 230 g/mol. The number of halogens is 1. The first-order chi connectivity index (χ1) is 5.74. The van der Waals surface area contributed by atoms with Crippen LogP contribution < -0.4 is 0 Å². The Bertz CT molecular complexity index is 313. The van der Waals surface area contributed by atoms with E-state index in [1.165, 1.54) is 6.08 Å². The molecular weight excluding hydrogens is 222 g/mol. The van der Waals surface area contributed by atoms with Gasteiger partial charge in [-0.3, -0.25) is 0 Å². The lowest BCUT2D eigenvalue weighted by Gasteiger charge is -1.91. The summed E-state index contributed by atoms with van der Waals surface area (Å²) >= 11 is 3.22. The number of isocyanates is 1. The molecule has 64 valence electrons. The van der Waals surface area contributed by atoms with Gasteiger partial charge in [0.2, 0.25) is 6.08 Å². The van der Waals surface area contributed by atoms with Gasteiger partial charge in [0.05, 0.1) is 6.54 Å². The van der Waals surface area contributed by atoms with Crippen molar-refractivity contribution in [3.8, 4) is 0 Å². The molecule has 0 aliphatic heterocycles. The number of rotatable bonds is 3. The normalized spacial score (nSPS) is 9.50. The van der Waals surface area contributed by atoms with Gasteiger partial charge in [0, 0.05) is 6.42 Å². The fraction of sp³-hybridized carbons (Fsp3) is 0.375. The third-order valence-electron chi connectivity index (χ3n) is 1.51. The summed E-state index contributed by atoms with van der Waals surface area (Å²) in [7, 11) is 0. The Morgan fingerprint density at radius 2 is 2.50 bits per heavy atom. The van der Waals surface area contributed by atoms with Crippen molar-refractivity contribution >= 4 is 22.0 Å². The number of hydrogen-bond acceptors (Lipinski definition) is 3. The molecule has 0 saturated carbocycles. The molecule has 1 rings (SSSR count). The zero-order chi connectivity index (χ0) is 8.97. The van der Waals surface area contributed by atoms with E-state index in [4.69, 9.17) is 4.42 Å². The molecule has 1 aromatic rings. The van der Waals surface area contributed by atoms with Gasteiger partial charge in [-0.2, -0.15) is 0 Å². The summed E-state index contributed by atoms with van der Waals surface area (Å²) in [5.74, 6) is 0.862. The van der Waals surface area contributed by atoms with E-state index in [0.717, 1.165) is 11.3 Å². The van der Waals surface area contributed by atoms with Crippen molar-refractivity contribution in [2.75, 3.05) is 6.54 Å². The van der Waals surface area contributed by atoms with E-state index in [1.807, 2.05) is 13.0 Å². The molecule has 0 aliphatic rings. The SMILES string of the molecule is Cc1cc(Br)oc1CCN=C=O. The summed E-state index contributed by atoms with van der Waals surface area (Å²) in [6, 6.07) is 1.89. The molecule has 1 heterocycles. The second kappa shape index (κ2) is 4.24. The van der Waals surface area contributed by atoms with E-state index in [-0.39, 0.29) is 0 Å². The Hall–Kier alpha value is -0.860. The predicted octanol–water partition coefficient (Wildman–Crippen LogP) is 2.23. The highest BCUT2D eigenvalue weighted by Crippen LogP contribution is 2.19. The van der Waals surface area contributed by atoms with Gasteiger partial charge in [-0.1, -0.05) is 0 Å². The summed E-state index contributed by atoms with van der Waals surface area (Å²) in [6.07, 6.45) is 2.13. The number of carbonyl (C=O) groups excluding carboxylic acids is 1. The molecule has 0 saturated heterocycles. The molecule has 12 heavy (non-hydrogen) atoms. The number of hydrogen-bond donors (Lipinski definition) is 0. The van der Waals surface area contributed by atoms with Gasteiger partial charge < -0.3 is 4.42 Å². The third-order valence-corrected chi connectivity index (χ3v) is 1.90. The molecule has 0 amide bonds. The smallest absolute Gasteiger partial charge is 0.234 e. The lowest BCUT2D eigenvalue weighted by Crippen LogP contribution is -1.88. The molecule has 0 fully saturated rings. The highest BCUT2D eigenvalue weighted by molar-refractivity contribution is 9.10. The maximum Gasteiger partial charge on any atom is 0.234 e. The van der Waals surface area contributed by atoms with E-state index in [0.29, 0.717) is 17.6 Å². The summed E-state index contributed by atoms with van der Waals surface area (Å²) in [6.45, 7) is 2.39. The van der Waals surface area contributed by atoms with Crippen molar-refractivity contribution in [1.29, 1.82) is 0 Å². The summed E-state index contributed by atoms with van der Waals surface area (Å²) in [4.78, 5) is 13.2. The van der Waals surface area contributed by atoms with E-state index in [2.05, 4.69) is 20.9 Å². The van der Waals surface area contributed by atoms with E-state index < -0.39 is 0 Å². The second-order valence-corrected chi connectivity index (χ2v) is 3.16. The Balaban J connectivity index is 2.62. The molecule has 4 heteroatoms. The van der Waals surface area contributed by atoms with Crippen LogP contribution in [-0.2, 0) is 11.2 Å². The molecule has 0 aliphatic carbocycles. The van der Waals surface area contributed by atoms with Gasteiger partial charge in [0.15, 0.2) is 4.67 Å². The van der Waals surface area contributed by atoms with Crippen LogP contribution in [-0.4, -0.2) is 12.6 Å². The van der Waals surface area contributed by atoms with Crippen LogP contribution in [0.4, 0.5) is 0 Å². The first kappa shape index (κ1) is 9.23. The zero-order valence-corrected chi connectivity index (χ0v) is 8.22. The minimum absolute atomic E-state index is 0.435. The van der Waals surface area contributed by atoms with Gasteiger partial charge in [-0.25, -0.2) is 9.79 Å². The van der Waals surface area contributed by atoms with Crippen LogP contribution in [0.1, 0.15) is 11.3 Å². The first-order valence-electron chi connectivity index (χ1n) is 3.52. The van der Waals surface area contributed by atoms with Crippen LogP contribution in [0.15, 0.2) is 20.1 Å². The third kappa shape index (κ3) is 2.32. The Morgan fingerprint density at radius 1 is 1.75 bits per heavy atom. The van der Waals surface area contributed by atoms with Crippen molar-refractivity contribution in [3.63, 3.8) is 0 Å². The van der Waals surface area contributed by atoms with E-state index >= 15 is 0 Å². The number of aryl methyl sites for hydroxylation is 1. The molecule has 3 nitrogen and oxygen atoms in total. The quantitative estimate of drug-likeness (QED) is 0.590. The van der Waals surface area contributed by atoms with Crippen molar-refractivity contribution in [1.82, 2.24) is 0 Å². The molecule has 0 aromatic carbocycles. The minimum atomic E-state index is 0.435. The van der Waals surface area contributed by atoms with Crippen LogP contribution in [0.3, 0.4) is 0 Å². The first-order valence-corrected chi connectivity index (χ1v) is 4.32. The molecular formula is C8H8BrNO2. The summed E-state index contributed by atoms with van der Waals surface area (Å²) in [5.41, 5.74) is 1.07. The molecule has 0 unspecified atom stereocenters. The van der Waals surface area contributed by atoms with Crippen molar-refractivity contribution in [2.24, 2.45) is 4.99 Å². The zero-order valence-electron chi connectivity index (χ0n) is 6.63. The molecule has 0 N–H and O–H groups in total. The second-order valence-electron chi connectivity index (χ2n) is 2.38. The maximum atomic E-state index is 9.75. The Kier molecular flexibility index (Phi) is 3.26. The lowest BCUT2D eigenvalue weighted by atomic mass is 10.2. The Labute approximate surface area is 78.6 Å². The van der Waals surface area contributed by atoms with Gasteiger partial charge >= 0.3 is 0 Å². The fourth-order valence-electron chi connectivity index (χ4n) is 0.930. The topological polar surface area (TPSA) is 42.6 Å². The van der Waals surface area contributed by atoms with E-state index in [1.54, 1.807) is 0 Å². The van der Waals surface area contributed by atoms with Crippen LogP contribution in [0.2, 0.25) is 0 Å². The minimum Gasteiger partial charge on any atom is -0.454 e. The van der Waals surface area contributed by atoms with Gasteiger partial charge in [0.25, 0.3) is 0 Å². The van der Waals surface area contributed by atoms with Crippen LogP contribution >= 0.6 is 15.9 Å². The molecule has 1 aromatic heterocycles. The maximum absolute atomic E-state index is 9.75. The predicted molar refractivity (Wildman–Crippen MR) is 47.8 cm³/mol. The van der Waals surface area contributed by atoms with Gasteiger partial charge in [-0.05, 0) is 34.5 Å². The Morgan fingerprint density at radius 3 is 3.00 bits per heavy atom. The lowest BCUT2D eigenvalue weighted by molar-refractivity contribution is 0.486. The number of aliphatic imine (C=N–C) groups is 1. The number of furan rings is 1. The monoisotopic (exact) mass is 229 g/mol. The van der Waals surface area contributed by atoms with Crippen LogP contribution in [0.5, 0.6) is 0 Å². The van der Waals surface area contributed by atoms with Crippen molar-refractivity contribution < 1.29 is 9.21 Å². The highest BCUT2D eigenvalue weighted by atomic mass is 79.9. The molecule has 0 atom stereocenters. The molecule has 0 spiro atoms. The van der Waals surface area contributed by atoms with E-state index in [9.17, 15) is 4.79 Å². The molecule has 0 radical (unpaired) electrons. The van der Waals surface area contributed by atoms with Gasteiger partial charge in [0.1, 0.15) is 5.76 Å². The number of nitrogens with zero attached hydrogens (tertiary/aromatic N) is 1. The van der Waals surface area contributed by atoms with Crippen molar-refractivity contribution in [3.05, 3.63) is 22.1 Å². The van der Waals surface area contributed by atoms with Crippen molar-refractivity contribution in [2.45, 2.75) is 13.3 Å². The summed E-state index contributed by atoms with van der Waals surface area (Å²) < 4.78 is 6.00. The van der Waals surface area contributed by atoms with Gasteiger partial charge in [-0.15, -0.1) is 0 Å². The fourth-order valence-corrected chi connectivity index (χ4v) is 1.47. The average Bonchev–Trinajstić information content (AvgIpc) is 2.31. The standard InChI is InChI=1S/C8H8BrNO2/c1-6-4-8(9)12-7(6)2-3-10-5-11/h4H,2-3H2,1H3. The molecule has 0 bridgehead atoms. The van der Waals surface area contributed by atoms with Crippen LogP contribution in [0, 0.1) is 6.92 Å². The largest absolute Gasteiger partial charge is 0.454 e. The van der Waals surface area contributed by atoms with Crippen LogP contribution in [0.25, 0.3) is 0 Å². The highest BCUT2D eigenvalue weighted by Gasteiger charge is 2.04. The summed E-state index contributed by atoms with van der Waals surface area (Å²) in [5, 5.41) is 0.